The van der Waals surface area contributed by atoms with Crippen molar-refractivity contribution in [2.45, 2.75) is 17.7 Å². The maximum Gasteiger partial charge on any atom is 0.240 e. The number of hydrogen-bond donors (Lipinski definition) is 2. The fourth-order valence-electron chi connectivity index (χ4n) is 2.58. The summed E-state index contributed by atoms with van der Waals surface area (Å²) in [6.45, 7) is 0.904. The number of ether oxygens (including phenoxy) is 2. The minimum absolute atomic E-state index is 0.0406. The van der Waals surface area contributed by atoms with Crippen LogP contribution in [0.5, 0.6) is 11.5 Å². The van der Waals surface area contributed by atoms with Crippen molar-refractivity contribution in [2.75, 3.05) is 25.1 Å². The Kier molecular flexibility index (Phi) is 6.13. The van der Waals surface area contributed by atoms with Crippen molar-refractivity contribution in [3.63, 3.8) is 0 Å². The second kappa shape index (κ2) is 8.73. The molecular formula is C19H19N3O5S. The lowest BCUT2D eigenvalue weighted by molar-refractivity contribution is -0.116. The van der Waals surface area contributed by atoms with E-state index in [-0.39, 0.29) is 23.8 Å². The van der Waals surface area contributed by atoms with E-state index >= 15 is 0 Å². The van der Waals surface area contributed by atoms with Crippen LogP contribution >= 0.6 is 0 Å². The molecule has 1 aliphatic rings. The zero-order chi connectivity index (χ0) is 20.0. The SMILES string of the molecule is N#Cc1cccc(NC(=O)CCNS(=O)(=O)c2ccc3c(c2)OCCCO3)c1. The zero-order valence-corrected chi connectivity index (χ0v) is 15.8. The summed E-state index contributed by atoms with van der Waals surface area (Å²) in [5.41, 5.74) is 0.905. The van der Waals surface area contributed by atoms with Crippen LogP contribution in [-0.2, 0) is 14.8 Å². The van der Waals surface area contributed by atoms with E-state index in [1.807, 2.05) is 6.07 Å². The summed E-state index contributed by atoms with van der Waals surface area (Å²) in [6.07, 6.45) is 0.669. The topological polar surface area (TPSA) is 118 Å². The van der Waals surface area contributed by atoms with Gasteiger partial charge >= 0.3 is 0 Å². The van der Waals surface area contributed by atoms with Gasteiger partial charge in [0.1, 0.15) is 0 Å². The number of hydrogen-bond acceptors (Lipinski definition) is 6. The van der Waals surface area contributed by atoms with Gasteiger partial charge in [-0.1, -0.05) is 6.07 Å². The molecule has 3 rings (SSSR count). The number of amides is 1. The van der Waals surface area contributed by atoms with Crippen LogP contribution in [0, 0.1) is 11.3 Å². The standard InChI is InChI=1S/C19H19N3O5S/c20-13-14-3-1-4-15(11-14)22-19(23)7-8-21-28(24,25)16-5-6-17-18(12-16)27-10-2-9-26-17/h1,3-6,11-12,21H,2,7-10H2,(H,22,23). The van der Waals surface area contributed by atoms with Crippen molar-refractivity contribution in [1.82, 2.24) is 4.72 Å². The number of fused-ring (bicyclic) bond motifs is 1. The number of carbonyl (C=O) groups excluding carboxylic acids is 1. The Hall–Kier alpha value is -3.09. The quantitative estimate of drug-likeness (QED) is 0.765. The molecule has 0 spiro atoms. The van der Waals surface area contributed by atoms with Gasteiger partial charge in [0, 0.05) is 31.1 Å². The minimum atomic E-state index is -3.79. The Morgan fingerprint density at radius 2 is 1.89 bits per heavy atom. The molecule has 2 aromatic carbocycles. The first-order valence-electron chi connectivity index (χ1n) is 8.67. The van der Waals surface area contributed by atoms with Gasteiger partial charge in [0.2, 0.25) is 15.9 Å². The van der Waals surface area contributed by atoms with E-state index in [2.05, 4.69) is 10.0 Å². The summed E-state index contributed by atoms with van der Waals surface area (Å²) in [6, 6.07) is 12.9. The summed E-state index contributed by atoms with van der Waals surface area (Å²) in [5.74, 6) is 0.530. The predicted octanol–water partition coefficient (Wildman–Crippen LogP) is 2.03. The van der Waals surface area contributed by atoms with Crippen LogP contribution in [-0.4, -0.2) is 34.1 Å². The summed E-state index contributed by atoms with van der Waals surface area (Å²) >= 11 is 0. The monoisotopic (exact) mass is 401 g/mol. The van der Waals surface area contributed by atoms with Gasteiger partial charge in [-0.15, -0.1) is 0 Å². The fourth-order valence-corrected chi connectivity index (χ4v) is 3.63. The molecule has 2 aromatic rings. The molecule has 0 atom stereocenters. The number of nitrogens with zero attached hydrogens (tertiary/aromatic N) is 1. The average molecular weight is 401 g/mol. The van der Waals surface area contributed by atoms with Gasteiger partial charge in [0.05, 0.1) is 29.7 Å². The highest BCUT2D eigenvalue weighted by atomic mass is 32.2. The number of sulfonamides is 1. The van der Waals surface area contributed by atoms with E-state index < -0.39 is 10.0 Å². The van der Waals surface area contributed by atoms with Crippen LogP contribution in [0.25, 0.3) is 0 Å². The third-order valence-electron chi connectivity index (χ3n) is 3.95. The molecule has 0 bridgehead atoms. The molecule has 1 heterocycles. The third kappa shape index (κ3) is 5.00. The summed E-state index contributed by atoms with van der Waals surface area (Å²) in [5, 5.41) is 11.5. The number of nitrogens with one attached hydrogen (secondary N) is 2. The Morgan fingerprint density at radius 3 is 2.68 bits per heavy atom. The molecule has 0 unspecified atom stereocenters. The van der Waals surface area contributed by atoms with Crippen molar-refractivity contribution in [1.29, 1.82) is 5.26 Å². The van der Waals surface area contributed by atoms with Gasteiger partial charge in [0.15, 0.2) is 11.5 Å². The van der Waals surface area contributed by atoms with Crippen LogP contribution in [0.1, 0.15) is 18.4 Å². The first-order chi connectivity index (χ1) is 13.5. The molecule has 0 aromatic heterocycles. The Bertz CT molecular complexity index is 1010. The molecule has 2 N–H and O–H groups in total. The molecule has 28 heavy (non-hydrogen) atoms. The molecule has 1 aliphatic heterocycles. The zero-order valence-electron chi connectivity index (χ0n) is 15.0. The molecule has 0 fully saturated rings. The fraction of sp³-hybridized carbons (Fsp3) is 0.263. The van der Waals surface area contributed by atoms with Gasteiger partial charge < -0.3 is 14.8 Å². The molecular weight excluding hydrogens is 382 g/mol. The molecule has 8 nitrogen and oxygen atoms in total. The van der Waals surface area contributed by atoms with Crippen molar-refractivity contribution in [3.05, 3.63) is 48.0 Å². The normalized spacial score (nSPS) is 13.2. The van der Waals surface area contributed by atoms with Crippen LogP contribution in [0.4, 0.5) is 5.69 Å². The molecule has 0 aliphatic carbocycles. The smallest absolute Gasteiger partial charge is 0.240 e. The molecule has 1 amide bonds. The van der Waals surface area contributed by atoms with Gasteiger partial charge in [-0.2, -0.15) is 5.26 Å². The Morgan fingerprint density at radius 1 is 1.11 bits per heavy atom. The van der Waals surface area contributed by atoms with E-state index in [0.29, 0.717) is 36.0 Å². The first-order valence-corrected chi connectivity index (χ1v) is 10.2. The second-order valence-electron chi connectivity index (χ2n) is 6.05. The number of rotatable bonds is 6. The highest BCUT2D eigenvalue weighted by Gasteiger charge is 2.19. The maximum atomic E-state index is 12.5. The van der Waals surface area contributed by atoms with E-state index in [0.717, 1.165) is 6.42 Å². The third-order valence-corrected chi connectivity index (χ3v) is 5.41. The summed E-state index contributed by atoms with van der Waals surface area (Å²) in [7, 11) is -3.79. The molecule has 9 heteroatoms. The Balaban J connectivity index is 1.57. The molecule has 0 radical (unpaired) electrons. The summed E-state index contributed by atoms with van der Waals surface area (Å²) < 4.78 is 38.3. The number of anilines is 1. The van der Waals surface area contributed by atoms with Crippen molar-refractivity contribution in [3.8, 4) is 17.6 Å². The number of benzene rings is 2. The van der Waals surface area contributed by atoms with Crippen molar-refractivity contribution < 1.29 is 22.7 Å². The summed E-state index contributed by atoms with van der Waals surface area (Å²) in [4.78, 5) is 12.0. The molecule has 146 valence electrons. The van der Waals surface area contributed by atoms with Crippen LogP contribution in [0.3, 0.4) is 0 Å². The number of nitriles is 1. The van der Waals surface area contributed by atoms with Gasteiger partial charge in [-0.05, 0) is 30.3 Å². The largest absolute Gasteiger partial charge is 0.490 e. The lowest BCUT2D eigenvalue weighted by Gasteiger charge is -2.11. The minimum Gasteiger partial charge on any atom is -0.490 e. The lowest BCUT2D eigenvalue weighted by atomic mass is 10.2. The predicted molar refractivity (Wildman–Crippen MR) is 102 cm³/mol. The second-order valence-corrected chi connectivity index (χ2v) is 7.81. The highest BCUT2D eigenvalue weighted by Crippen LogP contribution is 2.31. The highest BCUT2D eigenvalue weighted by molar-refractivity contribution is 7.89. The van der Waals surface area contributed by atoms with Gasteiger partial charge in [0.25, 0.3) is 0 Å². The lowest BCUT2D eigenvalue weighted by Crippen LogP contribution is -2.27. The van der Waals surface area contributed by atoms with Gasteiger partial charge in [-0.25, -0.2) is 13.1 Å². The molecule has 0 saturated carbocycles. The molecule has 0 saturated heterocycles. The van der Waals surface area contributed by atoms with E-state index in [9.17, 15) is 13.2 Å². The number of carbonyl (C=O) groups is 1. The van der Waals surface area contributed by atoms with Crippen molar-refractivity contribution in [2.24, 2.45) is 0 Å². The first kappa shape index (κ1) is 19.7. The van der Waals surface area contributed by atoms with Crippen molar-refractivity contribution >= 4 is 21.6 Å². The van der Waals surface area contributed by atoms with Gasteiger partial charge in [-0.3, -0.25) is 4.79 Å². The average Bonchev–Trinajstić information content (AvgIpc) is 2.92. The van der Waals surface area contributed by atoms with E-state index in [1.54, 1.807) is 30.3 Å². The van der Waals surface area contributed by atoms with E-state index in [4.69, 9.17) is 14.7 Å². The van der Waals surface area contributed by atoms with Crippen LogP contribution < -0.4 is 19.5 Å². The van der Waals surface area contributed by atoms with Crippen LogP contribution in [0.15, 0.2) is 47.4 Å². The van der Waals surface area contributed by atoms with E-state index in [1.165, 1.54) is 12.1 Å². The maximum absolute atomic E-state index is 12.5. The Labute approximate surface area is 163 Å². The van der Waals surface area contributed by atoms with Crippen LogP contribution in [0.2, 0.25) is 0 Å².